The summed E-state index contributed by atoms with van der Waals surface area (Å²) in [5.74, 6) is 1.09. The third kappa shape index (κ3) is 2.75. The van der Waals surface area contributed by atoms with Gasteiger partial charge in [0, 0.05) is 17.8 Å². The van der Waals surface area contributed by atoms with Crippen LogP contribution in [-0.2, 0) is 11.2 Å². The number of carbonyl (C=O) groups is 1. The van der Waals surface area contributed by atoms with Crippen molar-refractivity contribution >= 4 is 17.2 Å². The summed E-state index contributed by atoms with van der Waals surface area (Å²) in [4.78, 5) is 16.0. The first-order valence-corrected chi connectivity index (χ1v) is 8.62. The molecule has 22 heavy (non-hydrogen) atoms. The van der Waals surface area contributed by atoms with Gasteiger partial charge in [0.1, 0.15) is 5.75 Å². The molecule has 116 valence electrons. The maximum Gasteiger partial charge on any atom is 0.223 e. The second kappa shape index (κ2) is 6.53. The van der Waals surface area contributed by atoms with Crippen LogP contribution in [0, 0.1) is 0 Å². The van der Waals surface area contributed by atoms with Gasteiger partial charge in [-0.05, 0) is 47.5 Å². The molecule has 0 aliphatic carbocycles. The smallest absolute Gasteiger partial charge is 0.223 e. The van der Waals surface area contributed by atoms with E-state index in [2.05, 4.69) is 30.5 Å². The van der Waals surface area contributed by atoms with E-state index in [9.17, 15) is 4.79 Å². The van der Waals surface area contributed by atoms with Gasteiger partial charge in [-0.15, -0.1) is 11.3 Å². The number of nitrogens with zero attached hydrogens (tertiary/aromatic N) is 1. The van der Waals surface area contributed by atoms with Crippen molar-refractivity contribution in [2.45, 2.75) is 32.2 Å². The van der Waals surface area contributed by atoms with Gasteiger partial charge in [-0.3, -0.25) is 4.79 Å². The van der Waals surface area contributed by atoms with Gasteiger partial charge in [-0.1, -0.05) is 19.1 Å². The monoisotopic (exact) mass is 315 g/mol. The molecule has 2 heterocycles. The molecule has 4 heteroatoms. The van der Waals surface area contributed by atoms with E-state index in [1.165, 1.54) is 10.4 Å². The number of benzene rings is 1. The molecule has 1 amide bonds. The first-order chi connectivity index (χ1) is 10.7. The SMILES string of the molecule is CCCC(=O)N1CCc2sccc2C1c1ccc(OC)cc1. The number of fused-ring (bicyclic) bond motifs is 1. The van der Waals surface area contributed by atoms with E-state index >= 15 is 0 Å². The fourth-order valence-corrected chi connectivity index (χ4v) is 3.99. The maximum absolute atomic E-state index is 12.5. The minimum atomic E-state index is 0.0416. The topological polar surface area (TPSA) is 29.5 Å². The number of ether oxygens (including phenoxy) is 1. The lowest BCUT2D eigenvalue weighted by Gasteiger charge is -2.36. The van der Waals surface area contributed by atoms with E-state index in [0.29, 0.717) is 6.42 Å². The number of amides is 1. The van der Waals surface area contributed by atoms with Gasteiger partial charge in [0.05, 0.1) is 13.2 Å². The number of thiophene rings is 1. The number of hydrogen-bond acceptors (Lipinski definition) is 3. The minimum Gasteiger partial charge on any atom is -0.497 e. The Kier molecular flexibility index (Phi) is 4.48. The average Bonchev–Trinajstić information content (AvgIpc) is 3.03. The lowest BCUT2D eigenvalue weighted by molar-refractivity contribution is -0.133. The van der Waals surface area contributed by atoms with Crippen LogP contribution in [0.1, 0.15) is 41.8 Å². The Morgan fingerprint density at radius 1 is 1.32 bits per heavy atom. The summed E-state index contributed by atoms with van der Waals surface area (Å²) in [6.07, 6.45) is 2.47. The minimum absolute atomic E-state index is 0.0416. The molecule has 0 fully saturated rings. The molecule has 2 aromatic rings. The Morgan fingerprint density at radius 2 is 2.09 bits per heavy atom. The lowest BCUT2D eigenvalue weighted by Crippen LogP contribution is -2.39. The second-order valence-corrected chi connectivity index (χ2v) is 6.56. The zero-order chi connectivity index (χ0) is 15.5. The van der Waals surface area contributed by atoms with Crippen LogP contribution < -0.4 is 4.74 Å². The van der Waals surface area contributed by atoms with Gasteiger partial charge in [0.15, 0.2) is 0 Å². The van der Waals surface area contributed by atoms with Crippen LogP contribution in [0.5, 0.6) is 5.75 Å². The van der Waals surface area contributed by atoms with Crippen LogP contribution in [0.25, 0.3) is 0 Å². The first kappa shape index (κ1) is 15.1. The first-order valence-electron chi connectivity index (χ1n) is 7.74. The van der Waals surface area contributed by atoms with Crippen molar-refractivity contribution in [3.05, 3.63) is 51.7 Å². The van der Waals surface area contributed by atoms with Crippen LogP contribution in [0.2, 0.25) is 0 Å². The van der Waals surface area contributed by atoms with E-state index in [-0.39, 0.29) is 11.9 Å². The summed E-state index contributed by atoms with van der Waals surface area (Å²) >= 11 is 1.80. The molecular formula is C18H21NO2S. The normalized spacial score (nSPS) is 17.2. The summed E-state index contributed by atoms with van der Waals surface area (Å²) in [5.41, 5.74) is 2.44. The maximum atomic E-state index is 12.5. The molecule has 1 atom stereocenters. The average molecular weight is 315 g/mol. The molecule has 1 aromatic carbocycles. The van der Waals surface area contributed by atoms with Crippen molar-refractivity contribution in [3.63, 3.8) is 0 Å². The Bertz CT molecular complexity index is 647. The highest BCUT2D eigenvalue weighted by Gasteiger charge is 2.32. The molecule has 0 saturated heterocycles. The lowest BCUT2D eigenvalue weighted by atomic mass is 9.93. The fraction of sp³-hybridized carbons (Fsp3) is 0.389. The van der Waals surface area contributed by atoms with Crippen LogP contribution in [0.15, 0.2) is 35.7 Å². The molecule has 0 bridgehead atoms. The molecule has 0 N–H and O–H groups in total. The Morgan fingerprint density at radius 3 is 2.77 bits per heavy atom. The van der Waals surface area contributed by atoms with Crippen molar-refractivity contribution in [1.29, 1.82) is 0 Å². The third-order valence-corrected chi connectivity index (χ3v) is 5.18. The quantitative estimate of drug-likeness (QED) is 0.852. The molecule has 1 aromatic heterocycles. The molecule has 1 aliphatic heterocycles. The number of carbonyl (C=O) groups excluding carboxylic acids is 1. The molecule has 0 radical (unpaired) electrons. The van der Waals surface area contributed by atoms with E-state index in [1.54, 1.807) is 18.4 Å². The highest BCUT2D eigenvalue weighted by Crippen LogP contribution is 2.38. The molecule has 1 unspecified atom stereocenters. The predicted molar refractivity (Wildman–Crippen MR) is 89.5 cm³/mol. The zero-order valence-corrected chi connectivity index (χ0v) is 13.9. The highest BCUT2D eigenvalue weighted by atomic mass is 32.1. The van der Waals surface area contributed by atoms with Crippen LogP contribution >= 0.6 is 11.3 Å². The largest absolute Gasteiger partial charge is 0.497 e. The summed E-state index contributed by atoms with van der Waals surface area (Å²) in [6.45, 7) is 2.86. The van der Waals surface area contributed by atoms with Crippen molar-refractivity contribution in [3.8, 4) is 5.75 Å². The second-order valence-electron chi connectivity index (χ2n) is 5.56. The fourth-order valence-electron chi connectivity index (χ4n) is 3.09. The highest BCUT2D eigenvalue weighted by molar-refractivity contribution is 7.10. The van der Waals surface area contributed by atoms with Crippen molar-refractivity contribution < 1.29 is 9.53 Å². The molecule has 1 aliphatic rings. The van der Waals surface area contributed by atoms with Gasteiger partial charge in [-0.25, -0.2) is 0 Å². The summed E-state index contributed by atoms with van der Waals surface area (Å²) in [6, 6.07) is 10.3. The number of hydrogen-bond donors (Lipinski definition) is 0. The van der Waals surface area contributed by atoms with Gasteiger partial charge in [0.25, 0.3) is 0 Å². The van der Waals surface area contributed by atoms with Crippen LogP contribution in [-0.4, -0.2) is 24.5 Å². The summed E-state index contributed by atoms with van der Waals surface area (Å²) < 4.78 is 5.25. The predicted octanol–water partition coefficient (Wildman–Crippen LogP) is 4.03. The van der Waals surface area contributed by atoms with Crippen molar-refractivity contribution in [2.24, 2.45) is 0 Å². The Labute approximate surface area is 135 Å². The number of rotatable bonds is 4. The third-order valence-electron chi connectivity index (χ3n) is 4.18. The zero-order valence-electron chi connectivity index (χ0n) is 13.0. The number of methoxy groups -OCH3 is 1. The molecule has 3 nitrogen and oxygen atoms in total. The van der Waals surface area contributed by atoms with E-state index in [0.717, 1.165) is 30.7 Å². The molecule has 0 spiro atoms. The van der Waals surface area contributed by atoms with Gasteiger partial charge < -0.3 is 9.64 Å². The van der Waals surface area contributed by atoms with E-state index in [4.69, 9.17) is 4.74 Å². The molecule has 0 saturated carbocycles. The Hall–Kier alpha value is -1.81. The van der Waals surface area contributed by atoms with Gasteiger partial charge in [0.2, 0.25) is 5.91 Å². The standard InChI is InChI=1S/C18H21NO2S/c1-3-4-17(20)19-11-9-16-15(10-12-22-16)18(19)13-5-7-14(21-2)8-6-13/h5-8,10,12,18H,3-4,9,11H2,1-2H3. The summed E-state index contributed by atoms with van der Waals surface area (Å²) in [5, 5.41) is 2.13. The summed E-state index contributed by atoms with van der Waals surface area (Å²) in [7, 11) is 1.67. The van der Waals surface area contributed by atoms with Gasteiger partial charge >= 0.3 is 0 Å². The van der Waals surface area contributed by atoms with E-state index in [1.807, 2.05) is 17.0 Å². The van der Waals surface area contributed by atoms with Crippen molar-refractivity contribution in [2.75, 3.05) is 13.7 Å². The van der Waals surface area contributed by atoms with Crippen LogP contribution in [0.3, 0.4) is 0 Å². The van der Waals surface area contributed by atoms with Gasteiger partial charge in [-0.2, -0.15) is 0 Å². The molecule has 3 rings (SSSR count). The van der Waals surface area contributed by atoms with Crippen LogP contribution in [0.4, 0.5) is 0 Å². The Balaban J connectivity index is 1.99. The van der Waals surface area contributed by atoms with E-state index < -0.39 is 0 Å². The molecular weight excluding hydrogens is 294 g/mol. The van der Waals surface area contributed by atoms with Crippen molar-refractivity contribution in [1.82, 2.24) is 4.90 Å².